The molecule has 0 aliphatic heterocycles. The fourth-order valence-electron chi connectivity index (χ4n) is 2.43. The van der Waals surface area contributed by atoms with Crippen molar-refractivity contribution in [3.05, 3.63) is 58.3 Å². The van der Waals surface area contributed by atoms with Crippen molar-refractivity contribution in [1.82, 2.24) is 0 Å². The molecule has 1 heterocycles. The van der Waals surface area contributed by atoms with Crippen LogP contribution in [-0.4, -0.2) is 11.9 Å². The van der Waals surface area contributed by atoms with Gasteiger partial charge in [0.25, 0.3) is 5.91 Å². The van der Waals surface area contributed by atoms with Crippen LogP contribution < -0.4 is 11.5 Å². The van der Waals surface area contributed by atoms with Crippen LogP contribution in [0.25, 0.3) is 21.9 Å². The Balaban J connectivity index is 2.22. The maximum atomic E-state index is 12.0. The second-order valence-electron chi connectivity index (χ2n) is 4.86. The minimum absolute atomic E-state index is 0.270. The summed E-state index contributed by atoms with van der Waals surface area (Å²) < 4.78 is 0. The Bertz CT molecular complexity index is 978. The van der Waals surface area contributed by atoms with E-state index in [-0.39, 0.29) is 5.96 Å². The number of carbonyl (C=O) groups is 1. The lowest BCUT2D eigenvalue weighted by Gasteiger charge is -2.07. The van der Waals surface area contributed by atoms with E-state index in [9.17, 15) is 10.1 Å². The molecule has 1 amide bonds. The highest BCUT2D eigenvalue weighted by Crippen LogP contribution is 2.33. The molecule has 5 nitrogen and oxygen atoms in total. The van der Waals surface area contributed by atoms with E-state index in [1.54, 1.807) is 12.1 Å². The van der Waals surface area contributed by atoms with Crippen LogP contribution in [0.5, 0.6) is 0 Å². The number of guanidine groups is 1. The van der Waals surface area contributed by atoms with Gasteiger partial charge in [-0.3, -0.25) is 4.79 Å². The van der Waals surface area contributed by atoms with Gasteiger partial charge in [-0.15, -0.1) is 11.3 Å². The van der Waals surface area contributed by atoms with Crippen LogP contribution in [0.15, 0.2) is 52.8 Å². The van der Waals surface area contributed by atoms with Gasteiger partial charge < -0.3 is 11.5 Å². The molecule has 0 aliphatic rings. The summed E-state index contributed by atoms with van der Waals surface area (Å²) in [5, 5.41) is 13.0. The molecule has 6 heteroatoms. The lowest BCUT2D eigenvalue weighted by Crippen LogP contribution is -2.24. The van der Waals surface area contributed by atoms with Gasteiger partial charge in [0.05, 0.1) is 0 Å². The fraction of sp³-hybridized carbons (Fsp3) is 0. The van der Waals surface area contributed by atoms with Gasteiger partial charge in [0.1, 0.15) is 10.9 Å². The second kappa shape index (κ2) is 5.91. The molecular formula is C17H12N4OS. The largest absolute Gasteiger partial charge is 0.370 e. The number of hydrogen-bond acceptors (Lipinski definition) is 3. The predicted molar refractivity (Wildman–Crippen MR) is 92.1 cm³/mol. The van der Waals surface area contributed by atoms with Crippen LogP contribution in [0.3, 0.4) is 0 Å². The Labute approximate surface area is 136 Å². The highest BCUT2D eigenvalue weighted by molar-refractivity contribution is 7.11. The monoisotopic (exact) mass is 320 g/mol. The quantitative estimate of drug-likeness (QED) is 0.559. The number of amides is 1. The summed E-state index contributed by atoms with van der Waals surface area (Å²) in [7, 11) is 0. The molecule has 112 valence electrons. The topological polar surface area (TPSA) is 105 Å². The standard InChI is InChI=1S/C17H12N4OS/c18-9-15-13(6-7-23-15)12-3-1-2-10-4-5-11(8-14(10)12)16(22)21-17(19)20/h1-8H,(H4,19,20,21,22). The smallest absolute Gasteiger partial charge is 0.280 e. The van der Waals surface area contributed by atoms with Gasteiger partial charge in [-0.25, -0.2) is 0 Å². The average molecular weight is 320 g/mol. The van der Waals surface area contributed by atoms with Gasteiger partial charge in [-0.1, -0.05) is 24.3 Å². The molecule has 23 heavy (non-hydrogen) atoms. The summed E-state index contributed by atoms with van der Waals surface area (Å²) in [5.41, 5.74) is 12.7. The summed E-state index contributed by atoms with van der Waals surface area (Å²) in [6.07, 6.45) is 0. The highest BCUT2D eigenvalue weighted by Gasteiger charge is 2.12. The molecular weight excluding hydrogens is 308 g/mol. The van der Waals surface area contributed by atoms with E-state index >= 15 is 0 Å². The summed E-state index contributed by atoms with van der Waals surface area (Å²) in [6.45, 7) is 0. The Hall–Kier alpha value is -3.17. The Kier molecular flexibility index (Phi) is 3.79. The van der Waals surface area contributed by atoms with E-state index in [4.69, 9.17) is 11.5 Å². The first-order valence-corrected chi connectivity index (χ1v) is 7.63. The molecule has 0 fully saturated rings. The third kappa shape index (κ3) is 2.78. The fourth-order valence-corrected chi connectivity index (χ4v) is 3.13. The van der Waals surface area contributed by atoms with Crippen molar-refractivity contribution in [1.29, 1.82) is 5.26 Å². The molecule has 3 rings (SSSR count). The molecule has 0 radical (unpaired) electrons. The Morgan fingerprint density at radius 2 is 1.96 bits per heavy atom. The minimum Gasteiger partial charge on any atom is -0.370 e. The predicted octanol–water partition coefficient (Wildman–Crippen LogP) is 2.85. The van der Waals surface area contributed by atoms with Crippen molar-refractivity contribution in [3.8, 4) is 17.2 Å². The zero-order valence-corrected chi connectivity index (χ0v) is 12.8. The molecule has 2 aromatic carbocycles. The van der Waals surface area contributed by atoms with Crippen molar-refractivity contribution in [2.24, 2.45) is 16.5 Å². The number of thiophene rings is 1. The van der Waals surface area contributed by atoms with Gasteiger partial charge >= 0.3 is 0 Å². The molecule has 0 aliphatic carbocycles. The van der Waals surface area contributed by atoms with Crippen molar-refractivity contribution in [3.63, 3.8) is 0 Å². The first-order valence-electron chi connectivity index (χ1n) is 6.75. The molecule has 0 bridgehead atoms. The van der Waals surface area contributed by atoms with Crippen LogP contribution in [0.1, 0.15) is 15.2 Å². The molecule has 0 spiro atoms. The summed E-state index contributed by atoms with van der Waals surface area (Å²) in [6, 6.07) is 15.2. The second-order valence-corrected chi connectivity index (χ2v) is 5.77. The summed E-state index contributed by atoms with van der Waals surface area (Å²) in [4.78, 5) is 16.2. The average Bonchev–Trinajstić information content (AvgIpc) is 3.01. The van der Waals surface area contributed by atoms with E-state index in [2.05, 4.69) is 11.1 Å². The van der Waals surface area contributed by atoms with Gasteiger partial charge in [-0.2, -0.15) is 10.3 Å². The van der Waals surface area contributed by atoms with Crippen LogP contribution in [0.2, 0.25) is 0 Å². The normalized spacial score (nSPS) is 10.2. The maximum Gasteiger partial charge on any atom is 0.280 e. The maximum absolute atomic E-state index is 12.0. The molecule has 1 aromatic heterocycles. The van der Waals surface area contributed by atoms with Crippen LogP contribution in [0, 0.1) is 11.3 Å². The van der Waals surface area contributed by atoms with Crippen LogP contribution in [0.4, 0.5) is 0 Å². The third-order valence-corrected chi connectivity index (χ3v) is 4.24. The Morgan fingerprint density at radius 3 is 2.70 bits per heavy atom. The highest BCUT2D eigenvalue weighted by atomic mass is 32.1. The van der Waals surface area contributed by atoms with Crippen molar-refractivity contribution >= 4 is 34.0 Å². The van der Waals surface area contributed by atoms with Crippen molar-refractivity contribution in [2.75, 3.05) is 0 Å². The molecule has 4 N–H and O–H groups in total. The first-order chi connectivity index (χ1) is 11.1. The zero-order valence-electron chi connectivity index (χ0n) is 12.0. The number of hydrogen-bond donors (Lipinski definition) is 2. The van der Waals surface area contributed by atoms with E-state index < -0.39 is 5.91 Å². The lowest BCUT2D eigenvalue weighted by atomic mass is 9.97. The number of nitriles is 1. The van der Waals surface area contributed by atoms with Crippen LogP contribution in [-0.2, 0) is 0 Å². The van der Waals surface area contributed by atoms with E-state index in [1.165, 1.54) is 11.3 Å². The van der Waals surface area contributed by atoms with E-state index in [0.717, 1.165) is 21.9 Å². The summed E-state index contributed by atoms with van der Waals surface area (Å²) in [5.74, 6) is -0.763. The number of fused-ring (bicyclic) bond motifs is 1. The number of carbonyl (C=O) groups excluding carboxylic acids is 1. The number of nitrogens with zero attached hydrogens (tertiary/aromatic N) is 2. The van der Waals surface area contributed by atoms with E-state index in [1.807, 2.05) is 35.7 Å². The third-order valence-electron chi connectivity index (χ3n) is 3.42. The molecule has 0 saturated heterocycles. The Morgan fingerprint density at radius 1 is 1.13 bits per heavy atom. The number of benzene rings is 2. The number of aliphatic imine (C=N–C) groups is 1. The summed E-state index contributed by atoms with van der Waals surface area (Å²) >= 11 is 1.39. The molecule has 0 atom stereocenters. The van der Waals surface area contributed by atoms with Gasteiger partial charge in [0.2, 0.25) is 0 Å². The van der Waals surface area contributed by atoms with Crippen molar-refractivity contribution < 1.29 is 4.79 Å². The van der Waals surface area contributed by atoms with Gasteiger partial charge in [0.15, 0.2) is 5.96 Å². The molecule has 3 aromatic rings. The number of rotatable bonds is 2. The SMILES string of the molecule is N#Cc1sccc1-c1cccc2ccc(C(=O)N=C(N)N)cc12. The molecule has 0 saturated carbocycles. The zero-order chi connectivity index (χ0) is 16.4. The van der Waals surface area contributed by atoms with Crippen molar-refractivity contribution in [2.45, 2.75) is 0 Å². The molecule has 0 unspecified atom stereocenters. The van der Waals surface area contributed by atoms with Gasteiger partial charge in [-0.05, 0) is 39.9 Å². The number of nitrogens with two attached hydrogens (primary N) is 2. The lowest BCUT2D eigenvalue weighted by molar-refractivity contribution is 0.100. The first kappa shape index (κ1) is 14.8. The van der Waals surface area contributed by atoms with Gasteiger partial charge in [0, 0.05) is 11.1 Å². The van der Waals surface area contributed by atoms with Crippen LogP contribution >= 0.6 is 11.3 Å². The van der Waals surface area contributed by atoms with E-state index in [0.29, 0.717) is 10.4 Å². The minimum atomic E-state index is -0.493.